The molecule has 0 radical (unpaired) electrons. The second kappa shape index (κ2) is 10.0. The Bertz CT molecular complexity index is 966. The summed E-state index contributed by atoms with van der Waals surface area (Å²) in [5.41, 5.74) is 2.71. The maximum absolute atomic E-state index is 13.5. The Morgan fingerprint density at radius 3 is 2.21 bits per heavy atom. The maximum atomic E-state index is 13.5. The number of rotatable bonds is 5. The van der Waals surface area contributed by atoms with Gasteiger partial charge in [0, 0.05) is 70.2 Å². The first kappa shape index (κ1) is 25.5. The summed E-state index contributed by atoms with van der Waals surface area (Å²) in [5.74, 6) is -0.00203. The predicted octanol–water partition coefficient (Wildman–Crippen LogP) is 2.36. The van der Waals surface area contributed by atoms with Gasteiger partial charge in [0.1, 0.15) is 5.60 Å². The van der Waals surface area contributed by atoms with Crippen molar-refractivity contribution in [3.05, 3.63) is 22.8 Å². The van der Waals surface area contributed by atoms with Gasteiger partial charge in [0.25, 0.3) is 0 Å². The molecule has 2 saturated heterocycles. The molecule has 11 heteroatoms. The van der Waals surface area contributed by atoms with Gasteiger partial charge in [-0.15, -0.1) is 0 Å². The van der Waals surface area contributed by atoms with Gasteiger partial charge in [-0.05, 0) is 51.8 Å². The summed E-state index contributed by atoms with van der Waals surface area (Å²) in [7, 11) is -5.16. The molecular weight excluding hydrogens is 451 g/mol. The van der Waals surface area contributed by atoms with Crippen molar-refractivity contribution < 1.29 is 26.0 Å². The molecule has 0 aromatic heterocycles. The maximum Gasteiger partial charge on any atom is 0.488 e. The standard InChI is InChI=1S/C22H35FN4O5S/c1-16-18(15-25-8-6-24-7-9-25)14-19(32-33(23,29)30)17(2)20(16)26-10-12-27(13-11-26)21(28)31-22(3,4)5/h14,24H,6-13,15H2,1-5H3. The van der Waals surface area contributed by atoms with E-state index in [4.69, 9.17) is 8.92 Å². The first-order valence-electron chi connectivity index (χ1n) is 11.3. The van der Waals surface area contributed by atoms with Gasteiger partial charge in [0.05, 0.1) is 0 Å². The monoisotopic (exact) mass is 486 g/mol. The van der Waals surface area contributed by atoms with Crippen LogP contribution in [0.15, 0.2) is 6.07 Å². The largest absolute Gasteiger partial charge is 0.488 e. The van der Waals surface area contributed by atoms with Crippen LogP contribution in [-0.2, 0) is 21.8 Å². The van der Waals surface area contributed by atoms with E-state index in [-0.39, 0.29) is 11.8 Å². The fourth-order valence-electron chi connectivity index (χ4n) is 4.31. The molecule has 0 unspecified atom stereocenters. The molecule has 0 aliphatic carbocycles. The first-order valence-corrected chi connectivity index (χ1v) is 12.6. The van der Waals surface area contributed by atoms with Crippen LogP contribution >= 0.6 is 0 Å². The summed E-state index contributed by atoms with van der Waals surface area (Å²) >= 11 is 0. The zero-order chi connectivity index (χ0) is 24.4. The highest BCUT2D eigenvalue weighted by Crippen LogP contribution is 2.37. The zero-order valence-corrected chi connectivity index (χ0v) is 20.9. The average molecular weight is 487 g/mol. The van der Waals surface area contributed by atoms with Gasteiger partial charge in [0.2, 0.25) is 0 Å². The van der Waals surface area contributed by atoms with E-state index in [1.165, 1.54) is 0 Å². The summed E-state index contributed by atoms with van der Waals surface area (Å²) in [6, 6.07) is 1.63. The summed E-state index contributed by atoms with van der Waals surface area (Å²) in [5, 5.41) is 3.31. The molecule has 0 atom stereocenters. The molecule has 0 spiro atoms. The van der Waals surface area contributed by atoms with E-state index in [0.29, 0.717) is 38.3 Å². The van der Waals surface area contributed by atoms with Gasteiger partial charge in [-0.1, -0.05) is 3.89 Å². The summed E-state index contributed by atoms with van der Waals surface area (Å²) in [4.78, 5) is 18.5. The summed E-state index contributed by atoms with van der Waals surface area (Å²) in [6.07, 6.45) is -0.351. The van der Waals surface area contributed by atoms with E-state index in [0.717, 1.165) is 43.0 Å². The number of hydrogen-bond acceptors (Lipinski definition) is 8. The fourth-order valence-corrected chi connectivity index (χ4v) is 4.69. The Hall–Kier alpha value is -2.11. The van der Waals surface area contributed by atoms with Gasteiger partial charge in [-0.2, -0.15) is 8.42 Å². The van der Waals surface area contributed by atoms with E-state index in [2.05, 4.69) is 15.1 Å². The van der Waals surface area contributed by atoms with Gasteiger partial charge in [-0.3, -0.25) is 4.90 Å². The Labute approximate surface area is 196 Å². The SMILES string of the molecule is Cc1c(CN2CCNCC2)cc(OS(=O)(=O)F)c(C)c1N1CCN(C(=O)OC(C)(C)C)CC1. The third kappa shape index (κ3) is 6.94. The van der Waals surface area contributed by atoms with Gasteiger partial charge >= 0.3 is 16.6 Å². The number of benzene rings is 1. The van der Waals surface area contributed by atoms with Crippen molar-refractivity contribution in [1.29, 1.82) is 0 Å². The van der Waals surface area contributed by atoms with Gasteiger partial charge in [-0.25, -0.2) is 4.79 Å². The van der Waals surface area contributed by atoms with Crippen LogP contribution in [0.25, 0.3) is 0 Å². The topological polar surface area (TPSA) is 91.4 Å². The minimum absolute atomic E-state index is 0.00203. The second-order valence-corrected chi connectivity index (χ2v) is 10.5. The zero-order valence-electron chi connectivity index (χ0n) is 20.1. The lowest BCUT2D eigenvalue weighted by Crippen LogP contribution is -2.50. The molecule has 33 heavy (non-hydrogen) atoms. The summed E-state index contributed by atoms with van der Waals surface area (Å²) in [6.45, 7) is 15.4. The lowest BCUT2D eigenvalue weighted by atomic mass is 9.99. The van der Waals surface area contributed by atoms with Crippen LogP contribution in [-0.4, -0.2) is 82.3 Å². The van der Waals surface area contributed by atoms with Crippen LogP contribution in [0, 0.1) is 13.8 Å². The average Bonchev–Trinajstić information content (AvgIpc) is 2.71. The van der Waals surface area contributed by atoms with E-state index in [9.17, 15) is 17.1 Å². The lowest BCUT2D eigenvalue weighted by Gasteiger charge is -2.38. The number of piperazine rings is 2. The second-order valence-electron chi connectivity index (χ2n) is 9.59. The smallest absolute Gasteiger partial charge is 0.444 e. The highest BCUT2D eigenvalue weighted by molar-refractivity contribution is 7.81. The Kier molecular flexibility index (Phi) is 7.75. The van der Waals surface area contributed by atoms with Crippen LogP contribution in [0.3, 0.4) is 0 Å². The van der Waals surface area contributed by atoms with Crippen molar-refractivity contribution >= 4 is 22.3 Å². The van der Waals surface area contributed by atoms with E-state index in [1.54, 1.807) is 17.9 Å². The molecule has 2 fully saturated rings. The molecule has 2 aliphatic rings. The van der Waals surface area contributed by atoms with Crippen molar-refractivity contribution in [3.8, 4) is 5.75 Å². The van der Waals surface area contributed by atoms with Crippen molar-refractivity contribution in [2.45, 2.75) is 46.8 Å². The molecule has 2 aliphatic heterocycles. The first-order chi connectivity index (χ1) is 15.3. The number of nitrogens with zero attached hydrogens (tertiary/aromatic N) is 3. The van der Waals surface area contributed by atoms with Gasteiger partial charge < -0.3 is 24.0 Å². The van der Waals surface area contributed by atoms with Crippen molar-refractivity contribution in [2.24, 2.45) is 0 Å². The molecule has 3 rings (SSSR count). The molecule has 0 saturated carbocycles. The molecule has 9 nitrogen and oxygen atoms in total. The number of anilines is 1. The quantitative estimate of drug-likeness (QED) is 0.635. The van der Waals surface area contributed by atoms with Crippen LogP contribution in [0.1, 0.15) is 37.5 Å². The Morgan fingerprint density at radius 1 is 1.06 bits per heavy atom. The van der Waals surface area contributed by atoms with Crippen LogP contribution in [0.5, 0.6) is 5.75 Å². The van der Waals surface area contributed by atoms with E-state index in [1.807, 2.05) is 27.7 Å². The number of nitrogens with one attached hydrogen (secondary N) is 1. The number of ether oxygens (including phenoxy) is 1. The molecule has 0 bridgehead atoms. The van der Waals surface area contributed by atoms with Crippen molar-refractivity contribution in [1.82, 2.24) is 15.1 Å². The minimum Gasteiger partial charge on any atom is -0.444 e. The van der Waals surface area contributed by atoms with Crippen LogP contribution < -0.4 is 14.4 Å². The highest BCUT2D eigenvalue weighted by Gasteiger charge is 2.29. The molecular formula is C22H35FN4O5S. The third-order valence-corrected chi connectivity index (χ3v) is 6.29. The van der Waals surface area contributed by atoms with E-state index >= 15 is 0 Å². The molecule has 1 aromatic rings. The summed E-state index contributed by atoms with van der Waals surface area (Å²) < 4.78 is 46.2. The van der Waals surface area contributed by atoms with E-state index < -0.39 is 16.1 Å². The highest BCUT2D eigenvalue weighted by atomic mass is 32.3. The normalized spacial score (nSPS) is 18.4. The fraction of sp³-hybridized carbons (Fsp3) is 0.682. The molecule has 186 valence electrons. The Balaban J connectivity index is 1.86. The number of carbonyl (C=O) groups excluding carboxylic acids is 1. The number of amides is 1. The molecule has 1 aromatic carbocycles. The third-order valence-electron chi connectivity index (χ3n) is 5.91. The number of hydrogen-bond donors (Lipinski definition) is 1. The lowest BCUT2D eigenvalue weighted by molar-refractivity contribution is 0.0240. The van der Waals surface area contributed by atoms with Crippen LogP contribution in [0.4, 0.5) is 14.4 Å². The molecule has 1 N–H and O–H groups in total. The minimum atomic E-state index is -5.16. The van der Waals surface area contributed by atoms with Gasteiger partial charge in [0.15, 0.2) is 5.75 Å². The molecule has 1 amide bonds. The van der Waals surface area contributed by atoms with Crippen LogP contribution in [0.2, 0.25) is 0 Å². The number of halogens is 1. The Morgan fingerprint density at radius 2 is 1.67 bits per heavy atom. The predicted molar refractivity (Wildman–Crippen MR) is 125 cm³/mol. The number of carbonyl (C=O) groups is 1. The van der Waals surface area contributed by atoms with Crippen molar-refractivity contribution in [3.63, 3.8) is 0 Å². The molecule has 2 heterocycles. The van der Waals surface area contributed by atoms with Crippen molar-refractivity contribution in [2.75, 3.05) is 57.3 Å².